The predicted molar refractivity (Wildman–Crippen MR) is 162 cm³/mol. The second-order valence-corrected chi connectivity index (χ2v) is 10.4. The first-order valence-electron chi connectivity index (χ1n) is 13.7. The smallest absolute Gasteiger partial charge is 0.337 e. The summed E-state index contributed by atoms with van der Waals surface area (Å²) in [6.07, 6.45) is 4.66. The lowest BCUT2D eigenvalue weighted by atomic mass is 9.93. The topological polar surface area (TPSA) is 139 Å². The van der Waals surface area contributed by atoms with E-state index in [1.165, 1.54) is 18.3 Å². The fourth-order valence-corrected chi connectivity index (χ4v) is 4.78. The Morgan fingerprint density at radius 3 is 2.19 bits per heavy atom. The zero-order valence-corrected chi connectivity index (χ0v) is 23.7. The third-order valence-electron chi connectivity index (χ3n) is 6.86. The van der Waals surface area contributed by atoms with Crippen molar-refractivity contribution in [3.8, 4) is 17.4 Å². The van der Waals surface area contributed by atoms with Crippen molar-refractivity contribution >= 4 is 40.9 Å². The second-order valence-electron chi connectivity index (χ2n) is 9.96. The van der Waals surface area contributed by atoms with E-state index in [0.29, 0.717) is 28.1 Å². The first-order chi connectivity index (χ1) is 20.8. The fraction of sp³-hybridized carbons (Fsp3) is 0.188. The van der Waals surface area contributed by atoms with Crippen LogP contribution in [-0.2, 0) is 0 Å². The molecule has 0 saturated heterocycles. The molecule has 3 amide bonds. The Hall–Kier alpha value is -5.09. The average Bonchev–Trinajstić information content (AvgIpc) is 3.01. The fourth-order valence-electron chi connectivity index (χ4n) is 4.66. The van der Waals surface area contributed by atoms with Crippen LogP contribution in [0.5, 0.6) is 17.4 Å². The van der Waals surface area contributed by atoms with Crippen LogP contribution in [0.3, 0.4) is 0 Å². The van der Waals surface area contributed by atoms with E-state index < -0.39 is 11.9 Å². The SMILES string of the molecule is O=C(Nc1ccc(Cl)cc1)NC1CCC(Oc2ccc(Oc3ccc(C(=O)Nc4ccccc4C(=O)O)cn3)cc2)CC1. The summed E-state index contributed by atoms with van der Waals surface area (Å²) in [7, 11) is 0. The molecule has 1 heterocycles. The molecule has 0 radical (unpaired) electrons. The van der Waals surface area contributed by atoms with E-state index in [9.17, 15) is 19.5 Å². The van der Waals surface area contributed by atoms with Gasteiger partial charge in [-0.3, -0.25) is 4.79 Å². The number of halogens is 1. The van der Waals surface area contributed by atoms with Crippen LogP contribution in [0, 0.1) is 0 Å². The third kappa shape index (κ3) is 8.23. The molecule has 0 spiro atoms. The molecule has 43 heavy (non-hydrogen) atoms. The molecule has 1 saturated carbocycles. The molecule has 11 heteroatoms. The van der Waals surface area contributed by atoms with Crippen molar-refractivity contribution in [1.82, 2.24) is 10.3 Å². The number of benzene rings is 3. The van der Waals surface area contributed by atoms with Crippen molar-refractivity contribution in [3.05, 3.63) is 107 Å². The highest BCUT2D eigenvalue weighted by atomic mass is 35.5. The summed E-state index contributed by atoms with van der Waals surface area (Å²) in [6.45, 7) is 0. The monoisotopic (exact) mass is 600 g/mol. The maximum atomic E-state index is 12.6. The molecule has 1 fully saturated rings. The van der Waals surface area contributed by atoms with Crippen LogP contribution < -0.4 is 25.4 Å². The molecule has 4 N–H and O–H groups in total. The van der Waals surface area contributed by atoms with Gasteiger partial charge < -0.3 is 30.5 Å². The van der Waals surface area contributed by atoms with Gasteiger partial charge in [0.25, 0.3) is 5.91 Å². The number of ether oxygens (including phenoxy) is 2. The van der Waals surface area contributed by atoms with Crippen LogP contribution in [0.25, 0.3) is 0 Å². The van der Waals surface area contributed by atoms with Gasteiger partial charge in [0.2, 0.25) is 5.88 Å². The molecule has 0 aliphatic heterocycles. The normalized spacial score (nSPS) is 16.0. The van der Waals surface area contributed by atoms with Crippen molar-refractivity contribution in [2.24, 2.45) is 0 Å². The van der Waals surface area contributed by atoms with Gasteiger partial charge in [-0.25, -0.2) is 14.6 Å². The Kier molecular flexibility index (Phi) is 9.38. The number of carboxylic acids is 1. The number of nitrogens with one attached hydrogen (secondary N) is 3. The van der Waals surface area contributed by atoms with E-state index in [0.717, 1.165) is 25.7 Å². The van der Waals surface area contributed by atoms with E-state index in [4.69, 9.17) is 21.1 Å². The van der Waals surface area contributed by atoms with Gasteiger partial charge in [-0.05, 0) is 92.4 Å². The molecule has 1 aromatic heterocycles. The summed E-state index contributed by atoms with van der Waals surface area (Å²) < 4.78 is 11.9. The Bertz CT molecular complexity index is 1570. The highest BCUT2D eigenvalue weighted by molar-refractivity contribution is 6.30. The number of anilines is 2. The van der Waals surface area contributed by atoms with Gasteiger partial charge in [-0.1, -0.05) is 23.7 Å². The number of aromatic carboxylic acids is 1. The van der Waals surface area contributed by atoms with Gasteiger partial charge in [0, 0.05) is 29.0 Å². The van der Waals surface area contributed by atoms with Crippen LogP contribution >= 0.6 is 11.6 Å². The molecule has 0 atom stereocenters. The number of para-hydroxylation sites is 1. The highest BCUT2D eigenvalue weighted by Gasteiger charge is 2.24. The number of amides is 3. The molecular formula is C32H29ClN4O6. The summed E-state index contributed by atoms with van der Waals surface area (Å²) >= 11 is 5.89. The molecule has 10 nitrogen and oxygen atoms in total. The summed E-state index contributed by atoms with van der Waals surface area (Å²) in [5.74, 6) is -0.0633. The Morgan fingerprint density at radius 1 is 0.814 bits per heavy atom. The van der Waals surface area contributed by atoms with Crippen molar-refractivity contribution < 1.29 is 29.0 Å². The number of pyridine rings is 1. The molecule has 4 aromatic rings. The van der Waals surface area contributed by atoms with E-state index in [1.807, 2.05) is 12.1 Å². The van der Waals surface area contributed by atoms with E-state index in [1.54, 1.807) is 60.7 Å². The van der Waals surface area contributed by atoms with Gasteiger partial charge in [-0.15, -0.1) is 0 Å². The van der Waals surface area contributed by atoms with Gasteiger partial charge >= 0.3 is 12.0 Å². The number of hydrogen-bond acceptors (Lipinski definition) is 6. The minimum atomic E-state index is -1.13. The molecule has 220 valence electrons. The number of urea groups is 1. The van der Waals surface area contributed by atoms with E-state index in [2.05, 4.69) is 20.9 Å². The number of hydrogen-bond donors (Lipinski definition) is 4. The van der Waals surface area contributed by atoms with Crippen LogP contribution in [0.1, 0.15) is 46.4 Å². The zero-order valence-electron chi connectivity index (χ0n) is 23.0. The summed E-state index contributed by atoms with van der Waals surface area (Å²) in [6, 6.07) is 23.3. The number of nitrogens with zero attached hydrogens (tertiary/aromatic N) is 1. The molecule has 0 bridgehead atoms. The first kappa shape index (κ1) is 29.4. The number of carbonyl (C=O) groups excluding carboxylic acids is 2. The Balaban J connectivity index is 1.06. The van der Waals surface area contributed by atoms with Crippen molar-refractivity contribution in [1.29, 1.82) is 0 Å². The lowest BCUT2D eigenvalue weighted by Gasteiger charge is -2.29. The average molecular weight is 601 g/mol. The lowest BCUT2D eigenvalue weighted by Crippen LogP contribution is -2.41. The maximum absolute atomic E-state index is 12.6. The second kappa shape index (κ2) is 13.7. The zero-order chi connectivity index (χ0) is 30.2. The van der Waals surface area contributed by atoms with Crippen molar-refractivity contribution in [2.45, 2.75) is 37.8 Å². The molecular weight excluding hydrogens is 572 g/mol. The quantitative estimate of drug-likeness (QED) is 0.162. The highest BCUT2D eigenvalue weighted by Crippen LogP contribution is 2.27. The first-order valence-corrected chi connectivity index (χ1v) is 14.1. The van der Waals surface area contributed by atoms with Crippen LogP contribution in [0.15, 0.2) is 91.1 Å². The summed E-state index contributed by atoms with van der Waals surface area (Å²) in [5.41, 5.74) is 1.13. The summed E-state index contributed by atoms with van der Waals surface area (Å²) in [5, 5.41) is 18.3. The lowest BCUT2D eigenvalue weighted by molar-refractivity contribution is 0.0698. The number of carboxylic acid groups (broad SMARTS) is 1. The Morgan fingerprint density at radius 2 is 1.51 bits per heavy atom. The third-order valence-corrected chi connectivity index (χ3v) is 7.12. The predicted octanol–water partition coefficient (Wildman–Crippen LogP) is 6.99. The van der Waals surface area contributed by atoms with Crippen molar-refractivity contribution in [2.75, 3.05) is 10.6 Å². The van der Waals surface area contributed by atoms with Crippen molar-refractivity contribution in [3.63, 3.8) is 0 Å². The molecule has 1 aliphatic rings. The van der Waals surface area contributed by atoms with E-state index >= 15 is 0 Å². The van der Waals surface area contributed by atoms with Crippen LogP contribution in [0.4, 0.5) is 16.2 Å². The molecule has 1 aliphatic carbocycles. The molecule has 5 rings (SSSR count). The van der Waals surface area contributed by atoms with Gasteiger partial charge in [0.1, 0.15) is 11.5 Å². The Labute approximate surface area is 253 Å². The van der Waals surface area contributed by atoms with Gasteiger partial charge in [-0.2, -0.15) is 0 Å². The minimum Gasteiger partial charge on any atom is -0.490 e. The van der Waals surface area contributed by atoms with E-state index in [-0.39, 0.29) is 35.0 Å². The molecule has 0 unspecified atom stereocenters. The molecule has 3 aromatic carbocycles. The summed E-state index contributed by atoms with van der Waals surface area (Å²) in [4.78, 5) is 40.5. The minimum absolute atomic E-state index is 0.00359. The maximum Gasteiger partial charge on any atom is 0.337 e. The number of rotatable bonds is 9. The van der Waals surface area contributed by atoms with Gasteiger partial charge in [0.15, 0.2) is 0 Å². The van der Waals surface area contributed by atoms with Gasteiger partial charge in [0.05, 0.1) is 22.9 Å². The largest absolute Gasteiger partial charge is 0.490 e. The number of carbonyl (C=O) groups is 3. The van der Waals surface area contributed by atoms with Crippen LogP contribution in [-0.4, -0.2) is 40.1 Å². The number of aromatic nitrogens is 1. The van der Waals surface area contributed by atoms with Crippen LogP contribution in [0.2, 0.25) is 5.02 Å². The standard InChI is InChI=1S/C32H29ClN4O6/c33-21-6-8-22(9-7-21)35-32(41)36-23-10-12-24(13-11-23)42-25-14-16-26(17-15-25)43-29-18-5-20(19-34-29)30(38)37-28-4-2-1-3-27(28)31(39)40/h1-9,14-19,23-24H,10-13H2,(H,37,38)(H,39,40)(H2,35,36,41).